The van der Waals surface area contributed by atoms with Gasteiger partial charge in [-0.05, 0) is 49.5 Å². The van der Waals surface area contributed by atoms with Crippen LogP contribution in [0.3, 0.4) is 0 Å². The molecule has 1 saturated heterocycles. The molecule has 2 aromatic rings. The Labute approximate surface area is 168 Å². The molecule has 1 fully saturated rings. The van der Waals surface area contributed by atoms with Gasteiger partial charge >= 0.3 is 0 Å². The van der Waals surface area contributed by atoms with Crippen molar-refractivity contribution in [3.05, 3.63) is 47.1 Å². The number of nitrogens with zero attached hydrogens (tertiary/aromatic N) is 2. The molecule has 0 amide bonds. The fourth-order valence-electron chi connectivity index (χ4n) is 2.58. The molecule has 7 nitrogen and oxygen atoms in total. The predicted molar refractivity (Wildman–Crippen MR) is 110 cm³/mol. The number of aromatic nitrogens is 1. The van der Waals surface area contributed by atoms with Crippen LogP contribution in [0.25, 0.3) is 0 Å². The standard InChI is InChI=1S/C17H19ClN4O3S2/c1-12-3-2-4-16(19-12)21-17(26)20-15-11-13(5-6-14(15)18)27(23,24)22-7-9-25-10-8-22/h2-6,11H,7-10H2,1H3,(H2,19,20,21,26). The minimum Gasteiger partial charge on any atom is -0.379 e. The van der Waals surface area contributed by atoms with Crippen LogP contribution in [0.5, 0.6) is 0 Å². The van der Waals surface area contributed by atoms with E-state index in [9.17, 15) is 8.42 Å². The van der Waals surface area contributed by atoms with Crippen molar-refractivity contribution < 1.29 is 13.2 Å². The minimum atomic E-state index is -3.62. The van der Waals surface area contributed by atoms with Crippen molar-refractivity contribution in [2.75, 3.05) is 36.9 Å². The van der Waals surface area contributed by atoms with E-state index in [1.807, 2.05) is 19.1 Å². The molecular formula is C17H19ClN4O3S2. The van der Waals surface area contributed by atoms with Gasteiger partial charge in [0.25, 0.3) is 0 Å². The molecule has 27 heavy (non-hydrogen) atoms. The molecule has 1 aliphatic heterocycles. The second-order valence-corrected chi connectivity index (χ2v) is 8.65. The van der Waals surface area contributed by atoms with Crippen molar-refractivity contribution in [2.45, 2.75) is 11.8 Å². The second-order valence-electron chi connectivity index (χ2n) is 5.90. The van der Waals surface area contributed by atoms with Gasteiger partial charge in [0, 0.05) is 18.8 Å². The SMILES string of the molecule is Cc1cccc(NC(=S)Nc2cc(S(=O)(=O)N3CCOCC3)ccc2Cl)n1. The highest BCUT2D eigenvalue weighted by atomic mass is 35.5. The zero-order valence-corrected chi connectivity index (χ0v) is 17.0. The number of ether oxygens (including phenoxy) is 1. The lowest BCUT2D eigenvalue weighted by molar-refractivity contribution is 0.0730. The number of sulfonamides is 1. The fraction of sp³-hybridized carbons (Fsp3) is 0.294. The monoisotopic (exact) mass is 426 g/mol. The van der Waals surface area contributed by atoms with E-state index >= 15 is 0 Å². The normalized spacial score (nSPS) is 15.3. The largest absolute Gasteiger partial charge is 0.379 e. The first-order valence-electron chi connectivity index (χ1n) is 8.25. The van der Waals surface area contributed by atoms with E-state index in [1.165, 1.54) is 22.5 Å². The number of hydrogen-bond acceptors (Lipinski definition) is 5. The Morgan fingerprint density at radius 1 is 1.22 bits per heavy atom. The maximum atomic E-state index is 12.8. The highest BCUT2D eigenvalue weighted by Gasteiger charge is 2.27. The minimum absolute atomic E-state index is 0.146. The van der Waals surface area contributed by atoms with Crippen molar-refractivity contribution in [1.29, 1.82) is 0 Å². The zero-order chi connectivity index (χ0) is 19.4. The Hall–Kier alpha value is -1.78. The van der Waals surface area contributed by atoms with Crippen LogP contribution in [0.2, 0.25) is 5.02 Å². The highest BCUT2D eigenvalue weighted by molar-refractivity contribution is 7.89. The van der Waals surface area contributed by atoms with Crippen LogP contribution in [-0.4, -0.2) is 49.1 Å². The van der Waals surface area contributed by atoms with E-state index in [-0.39, 0.29) is 10.0 Å². The van der Waals surface area contributed by atoms with Crippen LogP contribution in [0, 0.1) is 6.92 Å². The summed E-state index contributed by atoms with van der Waals surface area (Å²) < 4.78 is 32.2. The molecule has 3 rings (SSSR count). The van der Waals surface area contributed by atoms with E-state index in [0.29, 0.717) is 42.8 Å². The first kappa shape index (κ1) is 20.0. The summed E-state index contributed by atoms with van der Waals surface area (Å²) in [6, 6.07) is 10.0. The van der Waals surface area contributed by atoms with Gasteiger partial charge in [-0.25, -0.2) is 13.4 Å². The first-order chi connectivity index (χ1) is 12.9. The van der Waals surface area contributed by atoms with Crippen molar-refractivity contribution >= 4 is 50.5 Å². The number of anilines is 2. The Kier molecular flexibility index (Phi) is 6.28. The summed E-state index contributed by atoms with van der Waals surface area (Å²) in [5.41, 5.74) is 1.25. The molecule has 1 aromatic heterocycles. The molecule has 144 valence electrons. The number of rotatable bonds is 4. The smallest absolute Gasteiger partial charge is 0.243 e. The molecule has 10 heteroatoms. The summed E-state index contributed by atoms with van der Waals surface area (Å²) in [5.74, 6) is 0.584. The number of halogens is 1. The van der Waals surface area contributed by atoms with E-state index in [0.717, 1.165) is 5.69 Å². The van der Waals surface area contributed by atoms with Crippen LogP contribution in [0.4, 0.5) is 11.5 Å². The van der Waals surface area contributed by atoms with Gasteiger partial charge in [0.2, 0.25) is 10.0 Å². The number of pyridine rings is 1. The summed E-state index contributed by atoms with van der Waals surface area (Å²) in [4.78, 5) is 4.46. The highest BCUT2D eigenvalue weighted by Crippen LogP contribution is 2.27. The fourth-order valence-corrected chi connectivity index (χ4v) is 4.39. The molecule has 0 aliphatic carbocycles. The molecule has 0 radical (unpaired) electrons. The van der Waals surface area contributed by atoms with Crippen molar-refractivity contribution in [3.8, 4) is 0 Å². The lowest BCUT2D eigenvalue weighted by atomic mass is 10.3. The van der Waals surface area contributed by atoms with E-state index in [1.54, 1.807) is 6.07 Å². The van der Waals surface area contributed by atoms with Crippen LogP contribution in [0.15, 0.2) is 41.3 Å². The Morgan fingerprint density at radius 2 is 1.96 bits per heavy atom. The van der Waals surface area contributed by atoms with E-state index < -0.39 is 10.0 Å². The maximum Gasteiger partial charge on any atom is 0.243 e. The number of morpholine rings is 1. The quantitative estimate of drug-likeness (QED) is 0.727. The van der Waals surface area contributed by atoms with Gasteiger partial charge < -0.3 is 15.4 Å². The molecule has 2 heterocycles. The maximum absolute atomic E-state index is 12.8. The van der Waals surface area contributed by atoms with E-state index in [2.05, 4.69) is 15.6 Å². The molecule has 0 bridgehead atoms. The number of hydrogen-bond donors (Lipinski definition) is 2. The molecule has 0 spiro atoms. The average molecular weight is 427 g/mol. The second kappa shape index (κ2) is 8.49. The van der Waals surface area contributed by atoms with Crippen molar-refractivity contribution in [2.24, 2.45) is 0 Å². The average Bonchev–Trinajstić information content (AvgIpc) is 2.64. The van der Waals surface area contributed by atoms with Crippen LogP contribution >= 0.6 is 23.8 Å². The lowest BCUT2D eigenvalue weighted by Gasteiger charge is -2.26. The third kappa shape index (κ3) is 4.94. The Morgan fingerprint density at radius 3 is 2.67 bits per heavy atom. The summed E-state index contributed by atoms with van der Waals surface area (Å²) in [7, 11) is -3.62. The van der Waals surface area contributed by atoms with Gasteiger partial charge in [0.05, 0.1) is 28.8 Å². The molecular weight excluding hydrogens is 408 g/mol. The molecule has 0 unspecified atom stereocenters. The summed E-state index contributed by atoms with van der Waals surface area (Å²) in [6.07, 6.45) is 0. The zero-order valence-electron chi connectivity index (χ0n) is 14.6. The van der Waals surface area contributed by atoms with Gasteiger partial charge in [0.1, 0.15) is 5.82 Å². The van der Waals surface area contributed by atoms with Crippen LogP contribution in [0.1, 0.15) is 5.69 Å². The molecule has 1 aliphatic rings. The van der Waals surface area contributed by atoms with Crippen LogP contribution < -0.4 is 10.6 Å². The molecule has 0 atom stereocenters. The first-order valence-corrected chi connectivity index (χ1v) is 10.5. The third-order valence-corrected chi connectivity index (χ3v) is 6.35. The topological polar surface area (TPSA) is 83.6 Å². The summed E-state index contributed by atoms with van der Waals surface area (Å²) in [5, 5.41) is 6.51. The van der Waals surface area contributed by atoms with Crippen LogP contribution in [-0.2, 0) is 14.8 Å². The van der Waals surface area contributed by atoms with Gasteiger partial charge in [-0.2, -0.15) is 4.31 Å². The van der Waals surface area contributed by atoms with Gasteiger partial charge in [-0.1, -0.05) is 17.7 Å². The predicted octanol–water partition coefficient (Wildman–Crippen LogP) is 2.87. The number of aryl methyl sites for hydroxylation is 1. The van der Waals surface area contributed by atoms with Gasteiger partial charge in [0.15, 0.2) is 5.11 Å². The number of nitrogens with one attached hydrogen (secondary N) is 2. The van der Waals surface area contributed by atoms with Gasteiger partial charge in [-0.15, -0.1) is 0 Å². The Bertz CT molecular complexity index is 947. The molecule has 1 aromatic carbocycles. The lowest BCUT2D eigenvalue weighted by Crippen LogP contribution is -2.40. The third-order valence-electron chi connectivity index (χ3n) is 3.92. The number of thiocarbonyl (C=S) groups is 1. The van der Waals surface area contributed by atoms with Gasteiger partial charge in [-0.3, -0.25) is 0 Å². The molecule has 0 saturated carbocycles. The van der Waals surface area contributed by atoms with Crippen molar-refractivity contribution in [3.63, 3.8) is 0 Å². The summed E-state index contributed by atoms with van der Waals surface area (Å²) >= 11 is 11.5. The van der Waals surface area contributed by atoms with Crippen molar-refractivity contribution in [1.82, 2.24) is 9.29 Å². The van der Waals surface area contributed by atoms with E-state index in [4.69, 9.17) is 28.6 Å². The number of benzene rings is 1. The molecule has 2 N–H and O–H groups in total. The summed E-state index contributed by atoms with van der Waals surface area (Å²) in [6.45, 7) is 3.29. The Balaban J connectivity index is 1.78.